The maximum absolute atomic E-state index is 12.3. The molecular formula is C22H23N3O6. The molecule has 2 aromatic carbocycles. The van der Waals surface area contributed by atoms with Crippen molar-refractivity contribution in [1.29, 1.82) is 0 Å². The van der Waals surface area contributed by atoms with Crippen LogP contribution >= 0.6 is 0 Å². The Morgan fingerprint density at radius 1 is 1.10 bits per heavy atom. The molecule has 2 N–H and O–H groups in total. The third kappa shape index (κ3) is 5.59. The fraction of sp³-hybridized carbons (Fsp3) is 0.273. The fourth-order valence-electron chi connectivity index (χ4n) is 2.87. The number of urea groups is 1. The van der Waals surface area contributed by atoms with Crippen molar-refractivity contribution in [3.63, 3.8) is 0 Å². The topological polar surface area (TPSA) is 114 Å². The van der Waals surface area contributed by atoms with Crippen LogP contribution in [0.25, 0.3) is 0 Å². The largest absolute Gasteiger partial charge is 0.494 e. The third-order valence-corrected chi connectivity index (χ3v) is 4.55. The molecule has 31 heavy (non-hydrogen) atoms. The number of carbonyl (C=O) groups excluding carboxylic acids is 4. The second kappa shape index (κ2) is 9.75. The summed E-state index contributed by atoms with van der Waals surface area (Å²) in [7, 11) is 0. The van der Waals surface area contributed by atoms with E-state index in [2.05, 4.69) is 10.6 Å². The Morgan fingerprint density at radius 2 is 1.77 bits per heavy atom. The van der Waals surface area contributed by atoms with Crippen molar-refractivity contribution in [2.24, 2.45) is 0 Å². The summed E-state index contributed by atoms with van der Waals surface area (Å²) in [6, 6.07) is 12.7. The van der Waals surface area contributed by atoms with E-state index in [0.717, 1.165) is 4.90 Å². The van der Waals surface area contributed by atoms with E-state index in [1.807, 2.05) is 6.92 Å². The number of nitrogens with zero attached hydrogens (tertiary/aromatic N) is 1. The molecule has 3 rings (SSSR count). The van der Waals surface area contributed by atoms with Crippen LogP contribution in [0.5, 0.6) is 5.75 Å². The van der Waals surface area contributed by atoms with Gasteiger partial charge in [-0.3, -0.25) is 14.5 Å². The first kappa shape index (κ1) is 21.8. The predicted octanol–water partition coefficient (Wildman–Crippen LogP) is 2.32. The lowest BCUT2D eigenvalue weighted by atomic mass is 10.1. The highest BCUT2D eigenvalue weighted by molar-refractivity contribution is 6.02. The highest BCUT2D eigenvalue weighted by atomic mass is 16.5. The van der Waals surface area contributed by atoms with Crippen LogP contribution in [0.2, 0.25) is 0 Å². The molecule has 0 unspecified atom stereocenters. The molecule has 0 bridgehead atoms. The molecule has 1 saturated heterocycles. The van der Waals surface area contributed by atoms with E-state index >= 15 is 0 Å². The summed E-state index contributed by atoms with van der Waals surface area (Å²) in [6.45, 7) is 4.01. The number of carbonyl (C=O) groups is 4. The van der Waals surface area contributed by atoms with Gasteiger partial charge in [-0.15, -0.1) is 0 Å². The van der Waals surface area contributed by atoms with E-state index in [0.29, 0.717) is 23.6 Å². The Balaban J connectivity index is 1.53. The second-order valence-electron chi connectivity index (χ2n) is 6.83. The van der Waals surface area contributed by atoms with Crippen molar-refractivity contribution in [2.75, 3.05) is 18.5 Å². The van der Waals surface area contributed by atoms with Gasteiger partial charge in [0.25, 0.3) is 5.91 Å². The minimum Gasteiger partial charge on any atom is -0.494 e. The van der Waals surface area contributed by atoms with E-state index in [1.54, 1.807) is 36.4 Å². The van der Waals surface area contributed by atoms with Gasteiger partial charge in [-0.25, -0.2) is 9.59 Å². The summed E-state index contributed by atoms with van der Waals surface area (Å²) in [5.74, 6) is -0.734. The summed E-state index contributed by atoms with van der Waals surface area (Å²) >= 11 is 0. The number of esters is 1. The van der Waals surface area contributed by atoms with Crippen molar-refractivity contribution in [2.45, 2.75) is 26.5 Å². The number of rotatable bonds is 8. The molecule has 9 heteroatoms. The Bertz CT molecular complexity index is 956. The smallest absolute Gasteiger partial charge is 0.338 e. The van der Waals surface area contributed by atoms with Crippen LogP contribution in [-0.2, 0) is 20.9 Å². The third-order valence-electron chi connectivity index (χ3n) is 4.55. The Labute approximate surface area is 179 Å². The van der Waals surface area contributed by atoms with E-state index < -0.39 is 24.0 Å². The molecule has 2 aromatic rings. The monoisotopic (exact) mass is 425 g/mol. The van der Waals surface area contributed by atoms with Gasteiger partial charge in [-0.05, 0) is 55.8 Å². The van der Waals surface area contributed by atoms with Gasteiger partial charge in [0, 0.05) is 5.69 Å². The molecule has 9 nitrogen and oxygen atoms in total. The summed E-state index contributed by atoms with van der Waals surface area (Å²) in [4.78, 5) is 49.0. The quantitative estimate of drug-likeness (QED) is 0.496. The van der Waals surface area contributed by atoms with Crippen molar-refractivity contribution in [3.8, 4) is 5.75 Å². The van der Waals surface area contributed by atoms with Crippen molar-refractivity contribution in [3.05, 3.63) is 59.7 Å². The summed E-state index contributed by atoms with van der Waals surface area (Å²) in [5, 5.41) is 5.12. The number of amides is 4. The molecule has 1 atom stereocenters. The van der Waals surface area contributed by atoms with Crippen LogP contribution in [0.1, 0.15) is 29.8 Å². The first-order chi connectivity index (χ1) is 14.9. The molecule has 0 aromatic heterocycles. The van der Waals surface area contributed by atoms with Crippen LogP contribution in [0, 0.1) is 0 Å². The number of hydrogen-bond donors (Lipinski definition) is 2. The van der Waals surface area contributed by atoms with Gasteiger partial charge in [-0.1, -0.05) is 12.1 Å². The molecule has 0 spiro atoms. The minimum absolute atomic E-state index is 0.0140. The zero-order chi connectivity index (χ0) is 22.4. The summed E-state index contributed by atoms with van der Waals surface area (Å²) in [5.41, 5.74) is 1.49. The molecule has 162 valence electrons. The standard InChI is InChI=1S/C22H23N3O6/c1-3-30-18-10-8-17(9-11-18)24-20(27)14(2)31-21(28)16-6-4-15(5-7-16)13-25-19(26)12-23-22(25)29/h4-11,14H,3,12-13H2,1-2H3,(H,23,29)(H,24,27)/t14-/m1/s1. The van der Waals surface area contributed by atoms with Gasteiger partial charge >= 0.3 is 12.0 Å². The minimum atomic E-state index is -1.01. The average Bonchev–Trinajstić information content (AvgIpc) is 3.07. The van der Waals surface area contributed by atoms with E-state index in [9.17, 15) is 19.2 Å². The number of benzene rings is 2. The Kier molecular flexibility index (Phi) is 6.86. The summed E-state index contributed by atoms with van der Waals surface area (Å²) < 4.78 is 10.6. The van der Waals surface area contributed by atoms with Crippen LogP contribution in [-0.4, -0.2) is 48.0 Å². The molecule has 1 fully saturated rings. The first-order valence-corrected chi connectivity index (χ1v) is 9.79. The number of ether oxygens (including phenoxy) is 2. The first-order valence-electron chi connectivity index (χ1n) is 9.79. The van der Waals surface area contributed by atoms with Crippen molar-refractivity contribution < 1.29 is 28.7 Å². The van der Waals surface area contributed by atoms with Gasteiger partial charge in [-0.2, -0.15) is 0 Å². The average molecular weight is 425 g/mol. The highest BCUT2D eigenvalue weighted by Gasteiger charge is 2.28. The second-order valence-corrected chi connectivity index (χ2v) is 6.83. The Morgan fingerprint density at radius 3 is 2.35 bits per heavy atom. The molecule has 1 aliphatic heterocycles. The summed E-state index contributed by atoms with van der Waals surface area (Å²) in [6.07, 6.45) is -1.01. The van der Waals surface area contributed by atoms with Crippen LogP contribution in [0.3, 0.4) is 0 Å². The maximum atomic E-state index is 12.3. The lowest BCUT2D eigenvalue weighted by molar-refractivity contribution is -0.125. The van der Waals surface area contributed by atoms with Gasteiger partial charge in [0.15, 0.2) is 6.10 Å². The molecular weight excluding hydrogens is 402 g/mol. The molecule has 4 amide bonds. The lowest BCUT2D eigenvalue weighted by Crippen LogP contribution is -2.30. The fourth-order valence-corrected chi connectivity index (χ4v) is 2.87. The van der Waals surface area contributed by atoms with Crippen molar-refractivity contribution in [1.82, 2.24) is 10.2 Å². The zero-order valence-corrected chi connectivity index (χ0v) is 17.2. The maximum Gasteiger partial charge on any atom is 0.338 e. The van der Waals surface area contributed by atoms with Gasteiger partial charge < -0.3 is 20.1 Å². The van der Waals surface area contributed by atoms with E-state index in [1.165, 1.54) is 19.1 Å². The number of imide groups is 1. The van der Waals surface area contributed by atoms with Crippen LogP contribution in [0.4, 0.5) is 10.5 Å². The van der Waals surface area contributed by atoms with E-state index in [4.69, 9.17) is 9.47 Å². The number of hydrogen-bond acceptors (Lipinski definition) is 6. The molecule has 0 saturated carbocycles. The van der Waals surface area contributed by atoms with Gasteiger partial charge in [0.2, 0.25) is 5.91 Å². The van der Waals surface area contributed by atoms with Gasteiger partial charge in [0.1, 0.15) is 5.75 Å². The zero-order valence-electron chi connectivity index (χ0n) is 17.2. The molecule has 1 aliphatic rings. The van der Waals surface area contributed by atoms with Gasteiger partial charge in [0.05, 0.1) is 25.3 Å². The molecule has 0 aliphatic carbocycles. The van der Waals surface area contributed by atoms with Crippen molar-refractivity contribution >= 4 is 29.5 Å². The highest BCUT2D eigenvalue weighted by Crippen LogP contribution is 2.16. The molecule has 1 heterocycles. The van der Waals surface area contributed by atoms with Crippen LogP contribution < -0.4 is 15.4 Å². The Hall–Kier alpha value is -3.88. The normalized spacial score (nSPS) is 14.1. The SMILES string of the molecule is CCOc1ccc(NC(=O)[C@@H](C)OC(=O)c2ccc(CN3C(=O)CNC3=O)cc2)cc1. The van der Waals surface area contributed by atoms with E-state index in [-0.39, 0.29) is 24.6 Å². The lowest BCUT2D eigenvalue weighted by Gasteiger charge is -2.15. The van der Waals surface area contributed by atoms with Crippen LogP contribution in [0.15, 0.2) is 48.5 Å². The number of anilines is 1. The molecule has 0 radical (unpaired) electrons. The predicted molar refractivity (Wildman–Crippen MR) is 112 cm³/mol. The number of nitrogens with one attached hydrogen (secondary N) is 2.